The minimum absolute atomic E-state index is 0.0693. The molecule has 0 heterocycles. The average Bonchev–Trinajstić information content (AvgIpc) is 2.43. The van der Waals surface area contributed by atoms with Gasteiger partial charge in [-0.1, -0.05) is 17.9 Å². The molecule has 0 aromatic rings. The number of carbonyl (C=O) groups excluding carboxylic acids is 1. The van der Waals surface area contributed by atoms with Crippen molar-refractivity contribution in [2.45, 2.75) is 38.1 Å². The van der Waals surface area contributed by atoms with Gasteiger partial charge in [-0.25, -0.2) is 13.2 Å². The Kier molecular flexibility index (Phi) is 7.02. The first-order valence-corrected chi connectivity index (χ1v) is 8.53. The number of hydrogen-bond acceptors (Lipinski definition) is 5. The number of rotatable bonds is 7. The van der Waals surface area contributed by atoms with Gasteiger partial charge in [-0.15, -0.1) is 0 Å². The van der Waals surface area contributed by atoms with Gasteiger partial charge in [-0.3, -0.25) is 4.84 Å². The number of nitrogens with one attached hydrogen (secondary N) is 1. The normalized spacial score (nSPS) is 22.6. The lowest BCUT2D eigenvalue weighted by molar-refractivity contribution is -0.140. The van der Waals surface area contributed by atoms with Crippen LogP contribution in [-0.2, 0) is 24.4 Å². The van der Waals surface area contributed by atoms with Crippen molar-refractivity contribution in [2.24, 2.45) is 11.8 Å². The van der Waals surface area contributed by atoms with Gasteiger partial charge >= 0.3 is 21.5 Å². The molecule has 0 aliphatic heterocycles. The van der Waals surface area contributed by atoms with Gasteiger partial charge in [-0.05, 0) is 38.0 Å². The highest BCUT2D eigenvalue weighted by Crippen LogP contribution is 2.29. The van der Waals surface area contributed by atoms with Crippen molar-refractivity contribution in [3.8, 4) is 0 Å². The third-order valence-electron chi connectivity index (χ3n) is 3.48. The molecule has 23 heavy (non-hydrogen) atoms. The van der Waals surface area contributed by atoms with Crippen molar-refractivity contribution in [2.75, 3.05) is 13.2 Å². The summed E-state index contributed by atoms with van der Waals surface area (Å²) in [5.41, 5.74) is -5.11. The van der Waals surface area contributed by atoms with Crippen molar-refractivity contribution in [1.29, 1.82) is 0 Å². The van der Waals surface area contributed by atoms with Crippen molar-refractivity contribution in [1.82, 2.24) is 4.89 Å². The molecule has 1 rings (SSSR count). The molecular formula is C13H20F3NO5S. The first-order chi connectivity index (χ1) is 10.5. The van der Waals surface area contributed by atoms with Gasteiger partial charge in [0, 0.05) is 5.57 Å². The first kappa shape index (κ1) is 19.9. The van der Waals surface area contributed by atoms with E-state index in [9.17, 15) is 26.4 Å². The van der Waals surface area contributed by atoms with Crippen LogP contribution >= 0.6 is 0 Å². The third kappa shape index (κ3) is 6.48. The van der Waals surface area contributed by atoms with Crippen LogP contribution in [0.1, 0.15) is 32.6 Å². The lowest BCUT2D eigenvalue weighted by atomic mass is 9.82. The fraction of sp³-hybridized carbons (Fsp3) is 0.769. The Labute approximate surface area is 133 Å². The molecule has 10 heteroatoms. The Balaban J connectivity index is 2.36. The lowest BCUT2D eigenvalue weighted by Crippen LogP contribution is -2.37. The Hall–Kier alpha value is -1.13. The van der Waals surface area contributed by atoms with Crippen LogP contribution < -0.4 is 4.89 Å². The quantitative estimate of drug-likeness (QED) is 0.428. The standard InChI is InChI=1S/C13H20F3NO5S/c1-9(2)12(18)21-7-10-4-3-5-11(6-10)8-22-17-23(19,20)13(14,15)16/h10-11,17H,1,3-8H2,2H3. The van der Waals surface area contributed by atoms with Gasteiger partial charge < -0.3 is 4.74 Å². The van der Waals surface area contributed by atoms with Crippen molar-refractivity contribution >= 4 is 16.0 Å². The zero-order chi connectivity index (χ0) is 17.7. The van der Waals surface area contributed by atoms with Crippen LogP contribution in [0.2, 0.25) is 0 Å². The number of alkyl halides is 3. The topological polar surface area (TPSA) is 81.7 Å². The Morgan fingerprint density at radius 2 is 1.83 bits per heavy atom. The maximum absolute atomic E-state index is 12.1. The van der Waals surface area contributed by atoms with Crippen LogP contribution in [0.4, 0.5) is 13.2 Å². The van der Waals surface area contributed by atoms with E-state index in [0.29, 0.717) is 18.4 Å². The van der Waals surface area contributed by atoms with E-state index in [-0.39, 0.29) is 25.0 Å². The minimum atomic E-state index is -5.49. The maximum Gasteiger partial charge on any atom is 0.513 e. The molecule has 0 aromatic heterocycles. The molecule has 1 fully saturated rings. The van der Waals surface area contributed by atoms with E-state index in [4.69, 9.17) is 4.74 Å². The van der Waals surface area contributed by atoms with Gasteiger partial charge in [0.15, 0.2) is 0 Å². The SMILES string of the molecule is C=C(C)C(=O)OCC1CCCC(CONS(=O)(=O)C(F)(F)F)C1. The maximum atomic E-state index is 12.1. The third-order valence-corrected chi connectivity index (χ3v) is 4.43. The largest absolute Gasteiger partial charge is 0.513 e. The molecule has 0 aromatic carbocycles. The van der Waals surface area contributed by atoms with Gasteiger partial charge in [-0.2, -0.15) is 13.2 Å². The molecule has 0 saturated heterocycles. The summed E-state index contributed by atoms with van der Waals surface area (Å²) in [5.74, 6) is -0.519. The van der Waals surface area contributed by atoms with Crippen molar-refractivity contribution in [3.63, 3.8) is 0 Å². The van der Waals surface area contributed by atoms with E-state index in [0.717, 1.165) is 17.7 Å². The molecule has 0 spiro atoms. The Morgan fingerprint density at radius 1 is 1.26 bits per heavy atom. The molecule has 0 amide bonds. The Morgan fingerprint density at radius 3 is 2.35 bits per heavy atom. The number of ether oxygens (including phenoxy) is 1. The molecule has 1 aliphatic rings. The summed E-state index contributed by atoms with van der Waals surface area (Å²) in [6, 6.07) is 0. The number of sulfonamides is 1. The summed E-state index contributed by atoms with van der Waals surface area (Å²) in [6.07, 6.45) is 2.92. The lowest BCUT2D eigenvalue weighted by Gasteiger charge is -2.28. The van der Waals surface area contributed by atoms with Crippen molar-refractivity contribution in [3.05, 3.63) is 12.2 Å². The molecule has 2 atom stereocenters. The van der Waals surface area contributed by atoms with Crippen LogP contribution in [-0.4, -0.2) is 33.1 Å². The second kappa shape index (κ2) is 8.11. The molecular weight excluding hydrogens is 339 g/mol. The smallest absolute Gasteiger partial charge is 0.462 e. The minimum Gasteiger partial charge on any atom is -0.462 e. The summed E-state index contributed by atoms with van der Waals surface area (Å²) in [6.45, 7) is 5.04. The highest BCUT2D eigenvalue weighted by molar-refractivity contribution is 7.90. The highest BCUT2D eigenvalue weighted by atomic mass is 32.2. The molecule has 0 bridgehead atoms. The second-order valence-electron chi connectivity index (χ2n) is 5.62. The first-order valence-electron chi connectivity index (χ1n) is 7.05. The molecule has 0 radical (unpaired) electrons. The van der Waals surface area contributed by atoms with E-state index in [1.54, 1.807) is 0 Å². The number of hydrogen-bond donors (Lipinski definition) is 1. The zero-order valence-corrected chi connectivity index (χ0v) is 13.5. The van der Waals surface area contributed by atoms with Crippen molar-refractivity contribution < 1.29 is 36.0 Å². The average molecular weight is 359 g/mol. The van der Waals surface area contributed by atoms with Crippen LogP contribution in [0, 0.1) is 11.8 Å². The van der Waals surface area contributed by atoms with Crippen LogP contribution in [0.5, 0.6) is 0 Å². The van der Waals surface area contributed by atoms with E-state index >= 15 is 0 Å². The summed E-state index contributed by atoms with van der Waals surface area (Å²) < 4.78 is 62.9. The molecule has 2 unspecified atom stereocenters. The van der Waals surface area contributed by atoms with E-state index in [1.165, 1.54) is 6.92 Å². The van der Waals surface area contributed by atoms with Crippen LogP contribution in [0.3, 0.4) is 0 Å². The fourth-order valence-electron chi connectivity index (χ4n) is 2.30. The summed E-state index contributed by atoms with van der Waals surface area (Å²) in [4.78, 5) is 16.9. The van der Waals surface area contributed by atoms with E-state index < -0.39 is 21.5 Å². The van der Waals surface area contributed by atoms with Crippen LogP contribution in [0.15, 0.2) is 12.2 Å². The molecule has 6 nitrogen and oxygen atoms in total. The number of halogens is 3. The van der Waals surface area contributed by atoms with Gasteiger partial charge in [0.2, 0.25) is 0 Å². The van der Waals surface area contributed by atoms with Gasteiger partial charge in [0.1, 0.15) is 0 Å². The second-order valence-corrected chi connectivity index (χ2v) is 7.26. The zero-order valence-electron chi connectivity index (χ0n) is 12.7. The highest BCUT2D eigenvalue weighted by Gasteiger charge is 2.46. The predicted octanol–water partition coefficient (Wildman–Crippen LogP) is 2.28. The molecule has 1 aliphatic carbocycles. The van der Waals surface area contributed by atoms with Gasteiger partial charge in [0.05, 0.1) is 13.2 Å². The summed E-state index contributed by atoms with van der Waals surface area (Å²) in [5, 5.41) is 0. The fourth-order valence-corrected chi connectivity index (χ4v) is 2.62. The summed E-state index contributed by atoms with van der Waals surface area (Å²) >= 11 is 0. The Bertz CT molecular complexity index is 532. The summed E-state index contributed by atoms with van der Waals surface area (Å²) in [7, 11) is -5.49. The molecule has 1 saturated carbocycles. The van der Waals surface area contributed by atoms with E-state index in [2.05, 4.69) is 11.4 Å². The number of esters is 1. The van der Waals surface area contributed by atoms with Crippen LogP contribution in [0.25, 0.3) is 0 Å². The van der Waals surface area contributed by atoms with E-state index in [1.807, 2.05) is 0 Å². The predicted molar refractivity (Wildman–Crippen MR) is 75.3 cm³/mol. The van der Waals surface area contributed by atoms with Gasteiger partial charge in [0.25, 0.3) is 0 Å². The number of carbonyl (C=O) groups is 1. The monoisotopic (exact) mass is 359 g/mol. The molecule has 134 valence electrons. The molecule has 1 N–H and O–H groups in total.